The summed E-state index contributed by atoms with van der Waals surface area (Å²) >= 11 is 1.07. The van der Waals surface area contributed by atoms with E-state index >= 15 is 0 Å². The third-order valence-electron chi connectivity index (χ3n) is 5.21. The van der Waals surface area contributed by atoms with Crippen molar-refractivity contribution in [3.8, 4) is 5.75 Å². The monoisotopic (exact) mass is 472 g/mol. The van der Waals surface area contributed by atoms with Gasteiger partial charge in [-0.3, -0.25) is 9.59 Å². The average Bonchev–Trinajstić information content (AvgIpc) is 3.11. The molecule has 0 saturated carbocycles. The lowest BCUT2D eigenvalue weighted by Crippen LogP contribution is -2.29. The molecule has 8 heteroatoms. The van der Waals surface area contributed by atoms with Gasteiger partial charge in [0.05, 0.1) is 16.7 Å². The van der Waals surface area contributed by atoms with Crippen LogP contribution in [0.4, 0.5) is 0 Å². The maximum absolute atomic E-state index is 12.5. The standard InChI is InChI=1S/C24H32N2O4SSi/c1-23(2,3)32-30-24(4,5)17-8-6-7-15(13-17)14-19(28)25-12-11-16-9-10-18(27)20-21(16)31-22(29)26-20/h6-10,13,27H,11-12,14,32H2,1-5H3,(H,25,28)(H,26,29). The maximum atomic E-state index is 12.5. The van der Waals surface area contributed by atoms with Crippen LogP contribution in [0, 0.1) is 0 Å². The fourth-order valence-electron chi connectivity index (χ4n) is 3.39. The van der Waals surface area contributed by atoms with E-state index in [4.69, 9.17) is 4.43 Å². The van der Waals surface area contributed by atoms with E-state index in [2.05, 4.69) is 57.1 Å². The summed E-state index contributed by atoms with van der Waals surface area (Å²) in [6, 6.07) is 11.4. The Morgan fingerprint density at radius 2 is 1.94 bits per heavy atom. The number of carbonyl (C=O) groups is 1. The highest BCUT2D eigenvalue weighted by atomic mass is 32.1. The van der Waals surface area contributed by atoms with E-state index < -0.39 is 9.76 Å². The fourth-order valence-corrected chi connectivity index (χ4v) is 5.25. The van der Waals surface area contributed by atoms with Crippen LogP contribution in [0.1, 0.15) is 51.3 Å². The van der Waals surface area contributed by atoms with Crippen molar-refractivity contribution in [2.75, 3.05) is 6.54 Å². The normalized spacial score (nSPS) is 12.7. The third-order valence-corrected chi connectivity index (χ3v) is 7.90. The third kappa shape index (κ3) is 6.31. The Labute approximate surface area is 195 Å². The molecule has 172 valence electrons. The number of phenolic OH excluding ortho intramolecular Hbond substituents is 1. The number of amides is 1. The fraction of sp³-hybridized carbons (Fsp3) is 0.417. The highest BCUT2D eigenvalue weighted by Crippen LogP contribution is 2.30. The van der Waals surface area contributed by atoms with Gasteiger partial charge in [0.25, 0.3) is 0 Å². The van der Waals surface area contributed by atoms with Crippen LogP contribution in [-0.2, 0) is 27.7 Å². The topological polar surface area (TPSA) is 91.4 Å². The van der Waals surface area contributed by atoms with E-state index in [-0.39, 0.29) is 27.2 Å². The van der Waals surface area contributed by atoms with Gasteiger partial charge in [-0.15, -0.1) is 0 Å². The average molecular weight is 473 g/mol. The predicted molar refractivity (Wildman–Crippen MR) is 133 cm³/mol. The molecule has 0 aliphatic rings. The van der Waals surface area contributed by atoms with Crippen molar-refractivity contribution in [3.05, 3.63) is 62.8 Å². The van der Waals surface area contributed by atoms with E-state index in [0.29, 0.717) is 24.9 Å². The Morgan fingerprint density at radius 3 is 2.66 bits per heavy atom. The number of carbonyl (C=O) groups excluding carboxylic acids is 1. The van der Waals surface area contributed by atoms with Crippen LogP contribution in [0.15, 0.2) is 41.2 Å². The molecule has 3 rings (SSSR count). The van der Waals surface area contributed by atoms with Crippen molar-refractivity contribution in [2.24, 2.45) is 0 Å². The van der Waals surface area contributed by atoms with E-state index in [0.717, 1.165) is 32.7 Å². The molecule has 1 amide bonds. The van der Waals surface area contributed by atoms with Gasteiger partial charge in [-0.2, -0.15) is 0 Å². The van der Waals surface area contributed by atoms with E-state index in [1.54, 1.807) is 12.1 Å². The smallest absolute Gasteiger partial charge is 0.305 e. The molecule has 1 aromatic heterocycles. The molecule has 3 N–H and O–H groups in total. The molecular formula is C24H32N2O4SSi. The van der Waals surface area contributed by atoms with Gasteiger partial charge < -0.3 is 19.8 Å². The summed E-state index contributed by atoms with van der Waals surface area (Å²) in [6.07, 6.45) is 0.873. The number of thiazole rings is 1. The minimum atomic E-state index is -0.702. The minimum absolute atomic E-state index is 0.0535. The van der Waals surface area contributed by atoms with Crippen LogP contribution >= 0.6 is 11.3 Å². The number of fused-ring (bicyclic) bond motifs is 1. The lowest BCUT2D eigenvalue weighted by Gasteiger charge is -2.30. The Balaban J connectivity index is 1.58. The predicted octanol–water partition coefficient (Wildman–Crippen LogP) is 3.75. The molecule has 0 atom stereocenters. The van der Waals surface area contributed by atoms with Gasteiger partial charge in [-0.25, -0.2) is 0 Å². The number of H-pyrrole nitrogens is 1. The second-order valence-electron chi connectivity index (χ2n) is 9.80. The number of aromatic amines is 1. The Bertz CT molecular complexity index is 1160. The lowest BCUT2D eigenvalue weighted by molar-refractivity contribution is -0.120. The van der Waals surface area contributed by atoms with E-state index in [1.165, 1.54) is 0 Å². The number of nitrogens with one attached hydrogen (secondary N) is 2. The Hall–Kier alpha value is -2.42. The van der Waals surface area contributed by atoms with Gasteiger partial charge in [0.2, 0.25) is 5.91 Å². The second kappa shape index (κ2) is 9.60. The molecule has 0 aliphatic carbocycles. The molecule has 0 unspecified atom stereocenters. The van der Waals surface area contributed by atoms with Crippen LogP contribution in [0.3, 0.4) is 0 Å². The number of aromatic nitrogens is 1. The maximum Gasteiger partial charge on any atom is 0.305 e. The molecule has 0 aliphatic heterocycles. The highest BCUT2D eigenvalue weighted by Gasteiger charge is 2.24. The van der Waals surface area contributed by atoms with Crippen molar-refractivity contribution >= 4 is 37.2 Å². The highest BCUT2D eigenvalue weighted by molar-refractivity contribution is 7.16. The summed E-state index contributed by atoms with van der Waals surface area (Å²) in [5.74, 6) is 0.00491. The molecular weight excluding hydrogens is 440 g/mol. The summed E-state index contributed by atoms with van der Waals surface area (Å²) in [5.41, 5.74) is 3.03. The molecule has 3 aromatic rings. The molecule has 2 aromatic carbocycles. The summed E-state index contributed by atoms with van der Waals surface area (Å²) in [5, 5.41) is 13.1. The number of phenols is 1. The first kappa shape index (κ1) is 24.2. The molecule has 1 heterocycles. The van der Waals surface area contributed by atoms with Gasteiger partial charge in [0.1, 0.15) is 11.3 Å². The van der Waals surface area contributed by atoms with Crippen LogP contribution in [0.5, 0.6) is 5.75 Å². The van der Waals surface area contributed by atoms with Gasteiger partial charge in [0.15, 0.2) is 9.76 Å². The Kier molecular flexibility index (Phi) is 7.27. The van der Waals surface area contributed by atoms with Gasteiger partial charge in [-0.05, 0) is 48.1 Å². The van der Waals surface area contributed by atoms with E-state index in [9.17, 15) is 14.7 Å². The van der Waals surface area contributed by atoms with Crippen LogP contribution < -0.4 is 10.2 Å². The lowest BCUT2D eigenvalue weighted by atomic mass is 9.96. The van der Waals surface area contributed by atoms with Crippen LogP contribution in [0.2, 0.25) is 5.04 Å². The number of aromatic hydroxyl groups is 1. The minimum Gasteiger partial charge on any atom is -0.506 e. The van der Waals surface area contributed by atoms with Crippen molar-refractivity contribution < 1.29 is 14.3 Å². The summed E-state index contributed by atoms with van der Waals surface area (Å²) < 4.78 is 7.03. The molecule has 0 bridgehead atoms. The first-order valence-electron chi connectivity index (χ1n) is 10.8. The zero-order valence-corrected chi connectivity index (χ0v) is 21.6. The summed E-state index contributed by atoms with van der Waals surface area (Å²) in [7, 11) is -0.702. The number of rotatable bonds is 8. The van der Waals surface area contributed by atoms with Gasteiger partial charge in [-0.1, -0.05) is 62.4 Å². The van der Waals surface area contributed by atoms with Crippen molar-refractivity contribution in [3.63, 3.8) is 0 Å². The molecule has 0 radical (unpaired) electrons. The van der Waals surface area contributed by atoms with Crippen molar-refractivity contribution in [1.29, 1.82) is 0 Å². The molecule has 6 nitrogen and oxygen atoms in total. The number of benzene rings is 2. The van der Waals surface area contributed by atoms with Crippen LogP contribution in [-0.4, -0.2) is 32.3 Å². The first-order chi connectivity index (χ1) is 14.9. The van der Waals surface area contributed by atoms with Crippen molar-refractivity contribution in [2.45, 2.75) is 58.1 Å². The molecule has 0 saturated heterocycles. The molecule has 0 spiro atoms. The second-order valence-corrected chi connectivity index (χ2v) is 13.5. The number of hydrogen-bond acceptors (Lipinski definition) is 5. The largest absolute Gasteiger partial charge is 0.506 e. The summed E-state index contributed by atoms with van der Waals surface area (Å²) in [6.45, 7) is 11.2. The quantitative estimate of drug-likeness (QED) is 0.436. The zero-order valence-electron chi connectivity index (χ0n) is 19.4. The molecule has 32 heavy (non-hydrogen) atoms. The van der Waals surface area contributed by atoms with E-state index in [1.807, 2.05) is 12.1 Å². The van der Waals surface area contributed by atoms with Gasteiger partial charge in [0, 0.05) is 6.54 Å². The Morgan fingerprint density at radius 1 is 1.19 bits per heavy atom. The van der Waals surface area contributed by atoms with Crippen LogP contribution in [0.25, 0.3) is 10.2 Å². The SMILES string of the molecule is CC(C)(C)[SiH2]OC(C)(C)c1cccc(CC(=O)NCCc2ccc(O)c3[nH]c(=O)sc23)c1. The van der Waals surface area contributed by atoms with Gasteiger partial charge >= 0.3 is 4.87 Å². The number of hydrogen-bond donors (Lipinski definition) is 3. The summed E-state index contributed by atoms with van der Waals surface area (Å²) in [4.78, 5) is 26.6. The molecule has 0 fully saturated rings. The van der Waals surface area contributed by atoms with Crippen molar-refractivity contribution in [1.82, 2.24) is 10.3 Å². The first-order valence-corrected chi connectivity index (χ1v) is 12.9. The zero-order chi connectivity index (χ0) is 23.5.